The second-order valence-electron chi connectivity index (χ2n) is 14.6. The summed E-state index contributed by atoms with van der Waals surface area (Å²) < 4.78 is 61.2. The number of nitrogens with one attached hydrogen (secondary N) is 1. The Hall–Kier alpha value is -1.58. The van der Waals surface area contributed by atoms with Crippen molar-refractivity contribution in [1.29, 1.82) is 5.26 Å². The summed E-state index contributed by atoms with van der Waals surface area (Å²) in [6, 6.07) is 2.22. The van der Waals surface area contributed by atoms with Gasteiger partial charge in [-0.05, 0) is 49.9 Å². The third-order valence-electron chi connectivity index (χ3n) is 9.33. The van der Waals surface area contributed by atoms with E-state index in [1.54, 1.807) is 0 Å². The fourth-order valence-corrected chi connectivity index (χ4v) is 20.0. The van der Waals surface area contributed by atoms with Gasteiger partial charge in [-0.15, -0.1) is 0 Å². The summed E-state index contributed by atoms with van der Waals surface area (Å²) in [5.74, 6) is -0.718. The first kappa shape index (κ1) is 39.2. The molecule has 0 aliphatic carbocycles. The van der Waals surface area contributed by atoms with Crippen LogP contribution in [0.1, 0.15) is 95.7 Å². The van der Waals surface area contributed by atoms with Crippen molar-refractivity contribution >= 4 is 36.7 Å². The SMILES string of the molecule is CC(C)N(C(C)C)P(OCCC#N)O[C@@H]1[C@@H]2O[Si](C(C)C)(C(C)C)O[Si](C(C)C)(C(C)C)OCC2O[C@H]1n1cc(F)c2c(=O)[nH]cnc21. The highest BCUT2D eigenvalue weighted by atomic mass is 31.2. The number of fused-ring (bicyclic) bond motifs is 2. The van der Waals surface area contributed by atoms with E-state index in [4.69, 9.17) is 26.8 Å². The average Bonchev–Trinajstić information content (AvgIpc) is 3.48. The first-order valence-corrected chi connectivity index (χ1v) is 22.3. The van der Waals surface area contributed by atoms with E-state index in [-0.39, 0.29) is 64.9 Å². The van der Waals surface area contributed by atoms with Crippen LogP contribution >= 0.6 is 8.53 Å². The van der Waals surface area contributed by atoms with Gasteiger partial charge in [0.1, 0.15) is 23.7 Å². The summed E-state index contributed by atoms with van der Waals surface area (Å²) >= 11 is 0. The number of ether oxygens (including phenoxy) is 1. The van der Waals surface area contributed by atoms with E-state index in [0.29, 0.717) is 0 Å². The Morgan fingerprint density at radius 3 is 2.21 bits per heavy atom. The number of rotatable bonds is 13. The minimum Gasteiger partial charge on any atom is -0.414 e. The maximum atomic E-state index is 15.5. The van der Waals surface area contributed by atoms with Crippen LogP contribution in [-0.2, 0) is 26.8 Å². The largest absolute Gasteiger partial charge is 0.414 e. The van der Waals surface area contributed by atoms with Crippen LogP contribution in [0.3, 0.4) is 0 Å². The normalized spacial score (nSPS) is 25.1. The van der Waals surface area contributed by atoms with Gasteiger partial charge in [-0.1, -0.05) is 55.4 Å². The Balaban J connectivity index is 1.93. The Morgan fingerprint density at radius 1 is 1.06 bits per heavy atom. The maximum absolute atomic E-state index is 15.5. The van der Waals surface area contributed by atoms with Crippen molar-refractivity contribution in [1.82, 2.24) is 19.2 Å². The van der Waals surface area contributed by atoms with Crippen LogP contribution < -0.4 is 5.56 Å². The summed E-state index contributed by atoms with van der Waals surface area (Å²) in [6.45, 7) is 25.8. The smallest absolute Gasteiger partial charge is 0.335 e. The number of H-pyrrole nitrogens is 1. The molecule has 2 aromatic heterocycles. The first-order valence-electron chi connectivity index (χ1n) is 17.2. The monoisotopic (exact) mass is 727 g/mol. The molecule has 1 N–H and O–H groups in total. The van der Waals surface area contributed by atoms with E-state index in [1.165, 1.54) is 17.1 Å². The van der Waals surface area contributed by atoms with Crippen LogP contribution in [0.4, 0.5) is 4.39 Å². The van der Waals surface area contributed by atoms with Gasteiger partial charge in [0.25, 0.3) is 14.1 Å². The molecule has 5 atom stereocenters. The van der Waals surface area contributed by atoms with E-state index < -0.39 is 61.6 Å². The van der Waals surface area contributed by atoms with Gasteiger partial charge in [0.2, 0.25) is 0 Å². The Bertz CT molecular complexity index is 1460. The van der Waals surface area contributed by atoms with Crippen molar-refractivity contribution < 1.29 is 31.1 Å². The van der Waals surface area contributed by atoms with Crippen LogP contribution in [0.2, 0.25) is 22.2 Å². The highest BCUT2D eigenvalue weighted by Crippen LogP contribution is 2.54. The molecule has 0 saturated carbocycles. The summed E-state index contributed by atoms with van der Waals surface area (Å²) in [4.78, 5) is 19.6. The second-order valence-corrected chi connectivity index (χ2v) is 24.8. The summed E-state index contributed by atoms with van der Waals surface area (Å²) in [6.07, 6.45) is -0.414. The zero-order valence-corrected chi connectivity index (χ0v) is 33.4. The third-order valence-corrected chi connectivity index (χ3v) is 21.7. The van der Waals surface area contributed by atoms with E-state index in [2.05, 4.69) is 104 Å². The molecule has 0 bridgehead atoms. The van der Waals surface area contributed by atoms with Crippen molar-refractivity contribution in [3.8, 4) is 6.07 Å². The molecule has 4 heterocycles. The highest BCUT2D eigenvalue weighted by Gasteiger charge is 2.62. The molecule has 0 aromatic carbocycles. The first-order chi connectivity index (χ1) is 22.5. The molecule has 0 radical (unpaired) electrons. The molecule has 4 rings (SSSR count). The molecule has 0 spiro atoms. The molecule has 48 heavy (non-hydrogen) atoms. The Labute approximate surface area is 288 Å². The van der Waals surface area contributed by atoms with Crippen LogP contribution in [0.15, 0.2) is 17.3 Å². The number of halogens is 1. The fourth-order valence-electron chi connectivity index (χ4n) is 7.10. The highest BCUT2D eigenvalue weighted by molar-refractivity contribution is 7.44. The van der Waals surface area contributed by atoms with E-state index in [0.717, 1.165) is 0 Å². The maximum Gasteiger partial charge on any atom is 0.335 e. The van der Waals surface area contributed by atoms with Crippen LogP contribution in [0.25, 0.3) is 11.0 Å². The predicted octanol–water partition coefficient (Wildman–Crippen LogP) is 7.38. The van der Waals surface area contributed by atoms with Crippen molar-refractivity contribution in [2.75, 3.05) is 13.2 Å². The van der Waals surface area contributed by atoms with Gasteiger partial charge in [-0.2, -0.15) is 5.26 Å². The molecular formula is C32H55FN5O7PSi2. The average molecular weight is 728 g/mol. The molecule has 270 valence electrons. The standard InChI is InChI=1S/C32H55FN5O7PSi2/c1-19(2)38(20(3)4)46(40-15-13-14-34)43-29-28-26(42-32(29)37-16-25(33)27-30(37)35-18-36-31(27)39)17-41-47(21(5)6,22(7)8)45-48(44-28,23(9)10)24(11)12/h16,18-24,26,28-29,32H,13,15,17H2,1-12H3,(H,35,36,39)/t26?,28-,29-,32-,46?/m1/s1. The Morgan fingerprint density at radius 2 is 1.67 bits per heavy atom. The number of hydrogen-bond donors (Lipinski definition) is 1. The minimum atomic E-state index is -3.12. The van der Waals surface area contributed by atoms with Crippen molar-refractivity contribution in [3.63, 3.8) is 0 Å². The lowest BCUT2D eigenvalue weighted by atomic mass is 10.1. The van der Waals surface area contributed by atoms with Crippen LogP contribution in [0, 0.1) is 17.1 Å². The zero-order valence-electron chi connectivity index (χ0n) is 30.5. The summed E-state index contributed by atoms with van der Waals surface area (Å²) in [5.41, 5.74) is -0.0944. The van der Waals surface area contributed by atoms with E-state index in [9.17, 15) is 10.1 Å². The number of nitriles is 1. The van der Waals surface area contributed by atoms with Gasteiger partial charge in [-0.25, -0.2) is 14.0 Å². The molecule has 2 unspecified atom stereocenters. The number of nitrogens with zero attached hydrogens (tertiary/aromatic N) is 4. The van der Waals surface area contributed by atoms with E-state index in [1.807, 2.05) is 0 Å². The Kier molecular flexibility index (Phi) is 12.9. The second kappa shape index (κ2) is 15.8. The van der Waals surface area contributed by atoms with Gasteiger partial charge in [0.15, 0.2) is 17.7 Å². The molecule has 2 aliphatic heterocycles. The molecule has 2 aliphatic rings. The van der Waals surface area contributed by atoms with Gasteiger partial charge < -0.3 is 36.3 Å². The quantitative estimate of drug-likeness (QED) is 0.127. The van der Waals surface area contributed by atoms with Gasteiger partial charge in [0.05, 0.1) is 32.0 Å². The lowest BCUT2D eigenvalue weighted by Gasteiger charge is -2.51. The fraction of sp³-hybridized carbons (Fsp3) is 0.781. The predicted molar refractivity (Wildman–Crippen MR) is 188 cm³/mol. The van der Waals surface area contributed by atoms with E-state index >= 15 is 4.39 Å². The molecule has 2 aromatic rings. The van der Waals surface area contributed by atoms with Crippen molar-refractivity contribution in [3.05, 3.63) is 28.7 Å². The minimum absolute atomic E-state index is 0.0354. The topological polar surface area (TPSA) is 133 Å². The summed E-state index contributed by atoms with van der Waals surface area (Å²) in [5, 5.41) is 9.15. The molecule has 0 amide bonds. The number of aromatic nitrogens is 3. The zero-order chi connectivity index (χ0) is 35.7. The third kappa shape index (κ3) is 7.40. The van der Waals surface area contributed by atoms with Gasteiger partial charge in [0, 0.05) is 18.3 Å². The van der Waals surface area contributed by atoms with Gasteiger partial charge in [-0.3, -0.25) is 4.79 Å². The molecule has 12 nitrogen and oxygen atoms in total. The van der Waals surface area contributed by atoms with Crippen LogP contribution in [0.5, 0.6) is 0 Å². The van der Waals surface area contributed by atoms with Gasteiger partial charge >= 0.3 is 17.1 Å². The summed E-state index contributed by atoms with van der Waals surface area (Å²) in [7, 11) is -7.76. The molecular weight excluding hydrogens is 673 g/mol. The molecule has 2 saturated heterocycles. The van der Waals surface area contributed by atoms with Crippen LogP contribution in [-0.4, -0.2) is 79.9 Å². The van der Waals surface area contributed by atoms with Crippen molar-refractivity contribution in [2.24, 2.45) is 0 Å². The molecule has 16 heteroatoms. The number of aromatic amines is 1. The molecule has 2 fully saturated rings. The number of hydrogen-bond acceptors (Lipinski definition) is 10. The lowest BCUT2D eigenvalue weighted by Crippen LogP contribution is -2.65. The lowest BCUT2D eigenvalue weighted by molar-refractivity contribution is -0.0564. The van der Waals surface area contributed by atoms with Crippen molar-refractivity contribution in [2.45, 2.75) is 148 Å².